The predicted molar refractivity (Wildman–Crippen MR) is 92.0 cm³/mol. The van der Waals surface area contributed by atoms with Crippen molar-refractivity contribution in [2.45, 2.75) is 25.5 Å². The molecular formula is C19H22N2O3. The molecule has 3 rings (SSSR count). The van der Waals surface area contributed by atoms with Gasteiger partial charge in [0, 0.05) is 19.6 Å². The molecule has 1 aliphatic rings. The van der Waals surface area contributed by atoms with Crippen LogP contribution >= 0.6 is 0 Å². The van der Waals surface area contributed by atoms with Crippen molar-refractivity contribution in [3.63, 3.8) is 0 Å². The van der Waals surface area contributed by atoms with Crippen molar-refractivity contribution in [2.24, 2.45) is 0 Å². The van der Waals surface area contributed by atoms with Gasteiger partial charge in [-0.15, -0.1) is 0 Å². The summed E-state index contributed by atoms with van der Waals surface area (Å²) in [5.41, 5.74) is 0.967. The summed E-state index contributed by atoms with van der Waals surface area (Å²) in [6.07, 6.45) is 1.20. The molecule has 5 nitrogen and oxygen atoms in total. The van der Waals surface area contributed by atoms with Crippen LogP contribution in [0.25, 0.3) is 0 Å². The molecule has 0 spiro atoms. The monoisotopic (exact) mass is 326 g/mol. The lowest BCUT2D eigenvalue weighted by atomic mass is 10.1. The fourth-order valence-electron chi connectivity index (χ4n) is 2.77. The second-order valence-corrected chi connectivity index (χ2v) is 5.96. The molecule has 2 N–H and O–H groups in total. The highest BCUT2D eigenvalue weighted by Gasteiger charge is 2.21. The summed E-state index contributed by atoms with van der Waals surface area (Å²) in [7, 11) is 0. The first-order valence-electron chi connectivity index (χ1n) is 8.23. The smallest absolute Gasteiger partial charge is 0.317 e. The highest BCUT2D eigenvalue weighted by atomic mass is 16.5. The number of benzene rings is 2. The first kappa shape index (κ1) is 16.3. The number of nitrogens with one attached hydrogen (secondary N) is 1. The summed E-state index contributed by atoms with van der Waals surface area (Å²) in [4.78, 5) is 13.8. The molecule has 24 heavy (non-hydrogen) atoms. The summed E-state index contributed by atoms with van der Waals surface area (Å²) in [6, 6.07) is 17.1. The second kappa shape index (κ2) is 7.84. The number of hydrogen-bond acceptors (Lipinski definition) is 3. The van der Waals surface area contributed by atoms with Gasteiger partial charge in [-0.1, -0.05) is 30.3 Å². The molecule has 2 amide bonds. The number of carbonyl (C=O) groups is 1. The number of β-amino-alcohol motifs (C(OH)–C–C–N with tert-alkyl or cyclic N) is 1. The van der Waals surface area contributed by atoms with Gasteiger partial charge in [0.2, 0.25) is 0 Å². The Hall–Kier alpha value is -2.53. The van der Waals surface area contributed by atoms with Gasteiger partial charge in [0.25, 0.3) is 0 Å². The first-order valence-corrected chi connectivity index (χ1v) is 8.23. The number of hydrogen-bond donors (Lipinski definition) is 2. The van der Waals surface area contributed by atoms with E-state index < -0.39 is 6.10 Å². The Morgan fingerprint density at radius 2 is 1.96 bits per heavy atom. The van der Waals surface area contributed by atoms with Crippen LogP contribution in [-0.4, -0.2) is 35.2 Å². The summed E-state index contributed by atoms with van der Waals surface area (Å²) in [5.74, 6) is 1.52. The van der Waals surface area contributed by atoms with E-state index in [1.165, 1.54) is 0 Å². The maximum atomic E-state index is 12.2. The van der Waals surface area contributed by atoms with E-state index in [0.717, 1.165) is 29.9 Å². The molecule has 1 unspecified atom stereocenters. The van der Waals surface area contributed by atoms with Gasteiger partial charge >= 0.3 is 6.03 Å². The van der Waals surface area contributed by atoms with E-state index in [4.69, 9.17) is 4.74 Å². The SMILES string of the molecule is O=C(NCc1cccc(Oc2ccccc2)c1)N1CCCC(O)C1. The number of urea groups is 1. The quantitative estimate of drug-likeness (QED) is 0.907. The van der Waals surface area contributed by atoms with Crippen LogP contribution in [-0.2, 0) is 6.54 Å². The van der Waals surface area contributed by atoms with Crippen LogP contribution in [0, 0.1) is 0 Å². The average molecular weight is 326 g/mol. The molecule has 0 aliphatic carbocycles. The van der Waals surface area contributed by atoms with Crippen LogP contribution in [0.1, 0.15) is 18.4 Å². The minimum absolute atomic E-state index is 0.136. The number of nitrogens with zero attached hydrogens (tertiary/aromatic N) is 1. The number of likely N-dealkylation sites (tertiary alicyclic amines) is 1. The number of aliphatic hydroxyl groups excluding tert-OH is 1. The van der Waals surface area contributed by atoms with Gasteiger partial charge in [-0.2, -0.15) is 0 Å². The molecule has 0 radical (unpaired) electrons. The van der Waals surface area contributed by atoms with E-state index in [-0.39, 0.29) is 6.03 Å². The number of ether oxygens (including phenoxy) is 1. The summed E-state index contributed by atoms with van der Waals surface area (Å²) < 4.78 is 5.80. The molecule has 1 heterocycles. The van der Waals surface area contributed by atoms with Crippen molar-refractivity contribution in [1.29, 1.82) is 0 Å². The zero-order valence-electron chi connectivity index (χ0n) is 13.5. The van der Waals surface area contributed by atoms with Crippen LogP contribution < -0.4 is 10.1 Å². The molecule has 126 valence electrons. The average Bonchev–Trinajstić information content (AvgIpc) is 2.61. The zero-order valence-corrected chi connectivity index (χ0v) is 13.5. The van der Waals surface area contributed by atoms with Crippen molar-refractivity contribution in [1.82, 2.24) is 10.2 Å². The van der Waals surface area contributed by atoms with Crippen LogP contribution in [0.5, 0.6) is 11.5 Å². The predicted octanol–water partition coefficient (Wildman–Crippen LogP) is 3.15. The third-order valence-electron chi connectivity index (χ3n) is 4.00. The van der Waals surface area contributed by atoms with Crippen molar-refractivity contribution in [3.05, 3.63) is 60.2 Å². The van der Waals surface area contributed by atoms with Gasteiger partial charge in [0.1, 0.15) is 11.5 Å². The van der Waals surface area contributed by atoms with E-state index in [1.54, 1.807) is 4.90 Å². The molecule has 1 atom stereocenters. The fourth-order valence-corrected chi connectivity index (χ4v) is 2.77. The van der Waals surface area contributed by atoms with Gasteiger partial charge in [0.05, 0.1) is 6.10 Å². The first-order chi connectivity index (χ1) is 11.7. The molecule has 1 saturated heterocycles. The Balaban J connectivity index is 1.55. The van der Waals surface area contributed by atoms with Crippen molar-refractivity contribution in [3.8, 4) is 11.5 Å². The highest BCUT2D eigenvalue weighted by molar-refractivity contribution is 5.74. The number of piperidine rings is 1. The van der Waals surface area contributed by atoms with Crippen molar-refractivity contribution in [2.75, 3.05) is 13.1 Å². The molecule has 1 fully saturated rings. The molecule has 2 aromatic carbocycles. The van der Waals surface area contributed by atoms with Crippen molar-refractivity contribution < 1.29 is 14.6 Å². The van der Waals surface area contributed by atoms with Gasteiger partial charge in [-0.25, -0.2) is 4.79 Å². The molecule has 0 saturated carbocycles. The molecule has 1 aliphatic heterocycles. The standard InChI is InChI=1S/C19H22N2O3/c22-16-7-5-11-21(14-16)19(23)20-13-15-6-4-10-18(12-15)24-17-8-2-1-3-9-17/h1-4,6,8-10,12,16,22H,5,7,11,13-14H2,(H,20,23). The zero-order chi connectivity index (χ0) is 16.8. The number of aliphatic hydroxyl groups is 1. The van der Waals surface area contributed by atoms with Crippen LogP contribution in [0.4, 0.5) is 4.79 Å². The third kappa shape index (κ3) is 4.49. The molecule has 0 bridgehead atoms. The number of amides is 2. The largest absolute Gasteiger partial charge is 0.457 e. The summed E-state index contributed by atoms with van der Waals surface area (Å²) in [6.45, 7) is 1.53. The lowest BCUT2D eigenvalue weighted by molar-refractivity contribution is 0.0842. The van der Waals surface area contributed by atoms with Gasteiger partial charge in [-0.3, -0.25) is 0 Å². The minimum Gasteiger partial charge on any atom is -0.457 e. The van der Waals surface area contributed by atoms with Crippen LogP contribution in [0.2, 0.25) is 0 Å². The Kier molecular flexibility index (Phi) is 5.33. The maximum absolute atomic E-state index is 12.2. The Labute approximate surface area is 141 Å². The molecular weight excluding hydrogens is 304 g/mol. The van der Waals surface area contributed by atoms with E-state index in [1.807, 2.05) is 54.6 Å². The normalized spacial score (nSPS) is 17.4. The lowest BCUT2D eigenvalue weighted by Gasteiger charge is -2.30. The second-order valence-electron chi connectivity index (χ2n) is 5.96. The lowest BCUT2D eigenvalue weighted by Crippen LogP contribution is -2.46. The van der Waals surface area contributed by atoms with E-state index in [2.05, 4.69) is 5.32 Å². The number of rotatable bonds is 4. The minimum atomic E-state index is -0.410. The topological polar surface area (TPSA) is 61.8 Å². The Morgan fingerprint density at radius 3 is 2.75 bits per heavy atom. The van der Waals surface area contributed by atoms with E-state index in [0.29, 0.717) is 19.6 Å². The third-order valence-corrected chi connectivity index (χ3v) is 4.00. The van der Waals surface area contributed by atoms with Crippen molar-refractivity contribution >= 4 is 6.03 Å². The molecule has 5 heteroatoms. The highest BCUT2D eigenvalue weighted by Crippen LogP contribution is 2.21. The van der Waals surface area contributed by atoms with Gasteiger partial charge in [0.15, 0.2) is 0 Å². The number of para-hydroxylation sites is 1. The van der Waals surface area contributed by atoms with Gasteiger partial charge < -0.3 is 20.1 Å². The van der Waals surface area contributed by atoms with Crippen LogP contribution in [0.15, 0.2) is 54.6 Å². The molecule has 0 aromatic heterocycles. The van der Waals surface area contributed by atoms with Crippen LogP contribution in [0.3, 0.4) is 0 Å². The van der Waals surface area contributed by atoms with Gasteiger partial charge in [-0.05, 0) is 42.7 Å². The number of carbonyl (C=O) groups excluding carboxylic acids is 1. The summed E-state index contributed by atoms with van der Waals surface area (Å²) in [5, 5.41) is 12.6. The maximum Gasteiger partial charge on any atom is 0.317 e. The fraction of sp³-hybridized carbons (Fsp3) is 0.316. The van der Waals surface area contributed by atoms with E-state index >= 15 is 0 Å². The Morgan fingerprint density at radius 1 is 1.17 bits per heavy atom. The van der Waals surface area contributed by atoms with E-state index in [9.17, 15) is 9.90 Å². The molecule has 2 aromatic rings. The Bertz CT molecular complexity index is 675. The summed E-state index contributed by atoms with van der Waals surface area (Å²) >= 11 is 0.